The standard InChI is InChI=1S/C25H21ClFN3O/c1-15-19(26)9-6-12-21(15)29-25(31)30-14-13-17-16-7-3-5-11-22(16)28-23(17)24(30)18-8-2-4-10-20(18)27/h2-12,24,28H,13-14H2,1H3,(H,29,31)/t24-/m1/s1. The highest BCUT2D eigenvalue weighted by Crippen LogP contribution is 2.39. The highest BCUT2D eigenvalue weighted by molar-refractivity contribution is 6.31. The molecule has 4 aromatic rings. The van der Waals surface area contributed by atoms with Gasteiger partial charge in [0.1, 0.15) is 11.9 Å². The van der Waals surface area contributed by atoms with E-state index in [1.165, 1.54) is 6.07 Å². The van der Waals surface area contributed by atoms with Gasteiger partial charge in [-0.05, 0) is 48.7 Å². The number of urea groups is 1. The van der Waals surface area contributed by atoms with Crippen LogP contribution in [0.25, 0.3) is 10.9 Å². The number of anilines is 1. The van der Waals surface area contributed by atoms with Crippen molar-refractivity contribution in [3.63, 3.8) is 0 Å². The van der Waals surface area contributed by atoms with Crippen molar-refractivity contribution >= 4 is 34.2 Å². The van der Waals surface area contributed by atoms with E-state index in [0.29, 0.717) is 29.2 Å². The van der Waals surface area contributed by atoms with Crippen LogP contribution in [-0.2, 0) is 6.42 Å². The van der Waals surface area contributed by atoms with Gasteiger partial charge in [0.2, 0.25) is 0 Å². The maximum atomic E-state index is 14.9. The first-order valence-corrected chi connectivity index (χ1v) is 10.6. The van der Waals surface area contributed by atoms with Crippen LogP contribution in [0.15, 0.2) is 66.7 Å². The van der Waals surface area contributed by atoms with Crippen LogP contribution in [0.1, 0.15) is 28.4 Å². The van der Waals surface area contributed by atoms with E-state index < -0.39 is 6.04 Å². The van der Waals surface area contributed by atoms with E-state index in [0.717, 1.165) is 27.7 Å². The summed E-state index contributed by atoms with van der Waals surface area (Å²) < 4.78 is 14.9. The van der Waals surface area contributed by atoms with Crippen LogP contribution in [0, 0.1) is 12.7 Å². The van der Waals surface area contributed by atoms with Gasteiger partial charge in [-0.25, -0.2) is 9.18 Å². The lowest BCUT2D eigenvalue weighted by molar-refractivity contribution is 0.192. The minimum absolute atomic E-state index is 0.289. The third kappa shape index (κ3) is 3.35. The summed E-state index contributed by atoms with van der Waals surface area (Å²) in [7, 11) is 0. The predicted molar refractivity (Wildman–Crippen MR) is 122 cm³/mol. The second kappa shape index (κ2) is 7.75. The molecule has 6 heteroatoms. The second-order valence-corrected chi connectivity index (χ2v) is 8.18. The maximum Gasteiger partial charge on any atom is 0.322 e. The average Bonchev–Trinajstić information content (AvgIpc) is 3.15. The van der Waals surface area contributed by atoms with E-state index in [-0.39, 0.29) is 11.8 Å². The Morgan fingerprint density at radius 2 is 1.87 bits per heavy atom. The van der Waals surface area contributed by atoms with E-state index in [9.17, 15) is 9.18 Å². The van der Waals surface area contributed by atoms with Gasteiger partial charge >= 0.3 is 6.03 Å². The molecule has 0 saturated heterocycles. The summed E-state index contributed by atoms with van der Waals surface area (Å²) in [6.07, 6.45) is 0.687. The Hall–Kier alpha value is -3.31. The molecule has 0 unspecified atom stereocenters. The highest BCUT2D eigenvalue weighted by Gasteiger charge is 2.36. The first kappa shape index (κ1) is 19.6. The van der Waals surface area contributed by atoms with Gasteiger partial charge in [0.15, 0.2) is 0 Å². The lowest BCUT2D eigenvalue weighted by atomic mass is 9.92. The largest absolute Gasteiger partial charge is 0.356 e. The number of aromatic amines is 1. The molecule has 1 aliphatic heterocycles. The van der Waals surface area contributed by atoms with Gasteiger partial charge < -0.3 is 15.2 Å². The summed E-state index contributed by atoms with van der Waals surface area (Å²) in [6, 6.07) is 19.2. The number of nitrogens with one attached hydrogen (secondary N) is 2. The molecule has 1 aromatic heterocycles. The third-order valence-corrected chi connectivity index (χ3v) is 6.41. The molecule has 3 aromatic carbocycles. The number of carbonyl (C=O) groups excluding carboxylic acids is 1. The normalized spacial score (nSPS) is 15.7. The monoisotopic (exact) mass is 433 g/mol. The number of benzene rings is 3. The lowest BCUT2D eigenvalue weighted by Gasteiger charge is -2.36. The van der Waals surface area contributed by atoms with Crippen LogP contribution < -0.4 is 5.32 Å². The predicted octanol–water partition coefficient (Wildman–Crippen LogP) is 6.45. The zero-order valence-electron chi connectivity index (χ0n) is 17.0. The van der Waals surface area contributed by atoms with Crippen molar-refractivity contribution < 1.29 is 9.18 Å². The maximum absolute atomic E-state index is 14.9. The Morgan fingerprint density at radius 1 is 1.10 bits per heavy atom. The van der Waals surface area contributed by atoms with Gasteiger partial charge in [-0.1, -0.05) is 54.1 Å². The Labute approximate surface area is 184 Å². The zero-order valence-corrected chi connectivity index (χ0v) is 17.7. The first-order chi connectivity index (χ1) is 15.0. The van der Waals surface area contributed by atoms with E-state index in [2.05, 4.69) is 16.4 Å². The topological polar surface area (TPSA) is 48.1 Å². The Kier molecular flexibility index (Phi) is 4.91. The number of fused-ring (bicyclic) bond motifs is 3. The molecule has 1 atom stereocenters. The summed E-state index contributed by atoms with van der Waals surface area (Å²) in [5, 5.41) is 4.67. The van der Waals surface area contributed by atoms with Crippen LogP contribution in [0.2, 0.25) is 5.02 Å². The number of para-hydroxylation sites is 1. The Morgan fingerprint density at radius 3 is 2.71 bits per heavy atom. The summed E-state index contributed by atoms with van der Waals surface area (Å²) in [4.78, 5) is 18.5. The first-order valence-electron chi connectivity index (χ1n) is 10.2. The fraction of sp³-hybridized carbons (Fsp3) is 0.160. The van der Waals surface area contributed by atoms with Crippen LogP contribution in [0.4, 0.5) is 14.9 Å². The highest BCUT2D eigenvalue weighted by atomic mass is 35.5. The van der Waals surface area contributed by atoms with Crippen LogP contribution in [0.5, 0.6) is 0 Å². The molecule has 2 N–H and O–H groups in total. The minimum Gasteiger partial charge on any atom is -0.356 e. The zero-order chi connectivity index (χ0) is 21.5. The molecule has 0 saturated carbocycles. The molecule has 0 radical (unpaired) electrons. The van der Waals surface area contributed by atoms with E-state index in [1.807, 2.05) is 31.2 Å². The molecule has 1 aliphatic rings. The van der Waals surface area contributed by atoms with Crippen LogP contribution in [-0.4, -0.2) is 22.5 Å². The summed E-state index contributed by atoms with van der Waals surface area (Å²) in [5.74, 6) is -0.337. The van der Waals surface area contributed by atoms with E-state index in [1.54, 1.807) is 35.2 Å². The number of carbonyl (C=O) groups is 1. The number of hydrogen-bond acceptors (Lipinski definition) is 1. The molecule has 0 fully saturated rings. The molecular weight excluding hydrogens is 413 g/mol. The van der Waals surface area contributed by atoms with Crippen molar-refractivity contribution in [2.75, 3.05) is 11.9 Å². The number of nitrogens with zero attached hydrogens (tertiary/aromatic N) is 1. The number of H-pyrrole nitrogens is 1. The van der Waals surface area contributed by atoms with Crippen molar-refractivity contribution in [3.05, 3.63) is 100.0 Å². The molecule has 0 spiro atoms. The summed E-state index contributed by atoms with van der Waals surface area (Å²) in [6.45, 7) is 2.33. The number of rotatable bonds is 2. The smallest absolute Gasteiger partial charge is 0.322 e. The minimum atomic E-state index is -0.558. The molecule has 2 amide bonds. The SMILES string of the molecule is Cc1c(Cl)cccc1NC(=O)N1CCc2c([nH]c3ccccc23)[C@H]1c1ccccc1F. The van der Waals surface area contributed by atoms with Gasteiger partial charge in [-0.3, -0.25) is 0 Å². The number of amides is 2. The van der Waals surface area contributed by atoms with Crippen molar-refractivity contribution in [2.45, 2.75) is 19.4 Å². The van der Waals surface area contributed by atoms with Crippen molar-refractivity contribution in [1.29, 1.82) is 0 Å². The molecule has 5 rings (SSSR count). The molecular formula is C25H21ClFN3O. The third-order valence-electron chi connectivity index (χ3n) is 6.00. The second-order valence-electron chi connectivity index (χ2n) is 7.77. The molecule has 2 heterocycles. The number of halogens is 2. The van der Waals surface area contributed by atoms with Gasteiger partial charge in [0, 0.05) is 39.4 Å². The van der Waals surface area contributed by atoms with Crippen LogP contribution >= 0.6 is 11.6 Å². The molecule has 0 bridgehead atoms. The average molecular weight is 434 g/mol. The fourth-order valence-corrected chi connectivity index (χ4v) is 4.58. The van der Waals surface area contributed by atoms with Crippen molar-refractivity contribution in [2.24, 2.45) is 0 Å². The van der Waals surface area contributed by atoms with E-state index >= 15 is 0 Å². The van der Waals surface area contributed by atoms with Gasteiger partial charge in [-0.15, -0.1) is 0 Å². The Balaban J connectivity index is 1.60. The van der Waals surface area contributed by atoms with Crippen molar-refractivity contribution in [1.82, 2.24) is 9.88 Å². The quantitative estimate of drug-likeness (QED) is 0.375. The summed E-state index contributed by atoms with van der Waals surface area (Å²) >= 11 is 6.22. The number of hydrogen-bond donors (Lipinski definition) is 2. The molecule has 0 aliphatic carbocycles. The lowest BCUT2D eigenvalue weighted by Crippen LogP contribution is -2.43. The number of aromatic nitrogens is 1. The van der Waals surface area contributed by atoms with Crippen molar-refractivity contribution in [3.8, 4) is 0 Å². The molecule has 31 heavy (non-hydrogen) atoms. The Bertz CT molecular complexity index is 1300. The fourth-order valence-electron chi connectivity index (χ4n) is 4.41. The van der Waals surface area contributed by atoms with Gasteiger partial charge in [0.25, 0.3) is 0 Å². The molecule has 4 nitrogen and oxygen atoms in total. The molecule has 156 valence electrons. The van der Waals surface area contributed by atoms with Gasteiger partial charge in [-0.2, -0.15) is 0 Å². The van der Waals surface area contributed by atoms with Crippen LogP contribution in [0.3, 0.4) is 0 Å². The van der Waals surface area contributed by atoms with E-state index in [4.69, 9.17) is 11.6 Å². The van der Waals surface area contributed by atoms with Gasteiger partial charge in [0.05, 0.1) is 0 Å². The summed E-state index contributed by atoms with van der Waals surface area (Å²) in [5.41, 5.74) is 4.88.